The Hall–Kier alpha value is -1.94. The Balaban J connectivity index is 5.25. The van der Waals surface area contributed by atoms with Crippen LogP contribution < -0.4 is 0 Å². The molecule has 0 radical (unpaired) electrons. The fourth-order valence-electron chi connectivity index (χ4n) is 11.8. The smallest absolute Gasteiger partial charge is 0.462 e. The van der Waals surface area contributed by atoms with E-state index in [-0.39, 0.29) is 25.7 Å². The maximum atomic E-state index is 13.1. The Morgan fingerprint density at radius 1 is 0.281 bits per heavy atom. The second-order valence-corrected chi connectivity index (χ2v) is 31.6. The first kappa shape index (κ1) is 94.1. The van der Waals surface area contributed by atoms with Crippen LogP contribution in [0.4, 0.5) is 0 Å². The van der Waals surface area contributed by atoms with Gasteiger partial charge in [0.1, 0.15) is 19.3 Å². The van der Waals surface area contributed by atoms with Gasteiger partial charge in [-0.25, -0.2) is 9.13 Å². The van der Waals surface area contributed by atoms with Crippen LogP contribution in [0.5, 0.6) is 0 Å². The Bertz CT molecular complexity index is 1860. The van der Waals surface area contributed by atoms with E-state index in [2.05, 4.69) is 41.5 Å². The Morgan fingerprint density at radius 2 is 0.479 bits per heavy atom. The molecule has 0 rings (SSSR count). The van der Waals surface area contributed by atoms with Crippen molar-refractivity contribution in [2.24, 2.45) is 11.8 Å². The van der Waals surface area contributed by atoms with Crippen molar-refractivity contribution in [3.8, 4) is 0 Å². The lowest BCUT2D eigenvalue weighted by Gasteiger charge is -2.21. The summed E-state index contributed by atoms with van der Waals surface area (Å²) < 4.78 is 68.6. The van der Waals surface area contributed by atoms with Crippen LogP contribution in [0, 0.1) is 11.8 Å². The van der Waals surface area contributed by atoms with Gasteiger partial charge in [0.2, 0.25) is 0 Å². The molecule has 0 spiro atoms. The zero-order valence-corrected chi connectivity index (χ0v) is 64.5. The normalized spacial score (nSPS) is 14.0. The summed E-state index contributed by atoms with van der Waals surface area (Å²) in [5.41, 5.74) is 0. The molecule has 0 saturated carbocycles. The SMILES string of the molecule is CCCCCCCCCCCCCCCCCC(=O)OC[C@H](COP(=O)(O)OC[C@@H](O)COP(=O)(O)OC[C@@H](COC(=O)CCCCCCCCCCC(C)C)OC(=O)CCCCCCCCCCCCCCC)OC(=O)CCCCCCCCCCCCCCCCC(C)C. The predicted molar refractivity (Wildman–Crippen MR) is 391 cm³/mol. The summed E-state index contributed by atoms with van der Waals surface area (Å²) in [6.45, 7) is 9.60. The van der Waals surface area contributed by atoms with Crippen molar-refractivity contribution in [1.29, 1.82) is 0 Å². The minimum absolute atomic E-state index is 0.107. The Kier molecular flexibility index (Phi) is 67.4. The fraction of sp³-hybridized carbons (Fsp3) is 0.948. The monoisotopic (exact) mass is 1410 g/mol. The van der Waals surface area contributed by atoms with Gasteiger partial charge in [-0.05, 0) is 37.5 Å². The van der Waals surface area contributed by atoms with Crippen molar-refractivity contribution in [3.05, 3.63) is 0 Å². The summed E-state index contributed by atoms with van der Waals surface area (Å²) in [6.07, 6.45) is 56.8. The number of unbranched alkanes of at least 4 members (excludes halogenated alkanes) is 46. The lowest BCUT2D eigenvalue weighted by molar-refractivity contribution is -0.161. The number of carbonyl (C=O) groups is 4. The van der Waals surface area contributed by atoms with E-state index in [0.717, 1.165) is 102 Å². The van der Waals surface area contributed by atoms with E-state index < -0.39 is 97.5 Å². The second-order valence-electron chi connectivity index (χ2n) is 28.7. The minimum Gasteiger partial charge on any atom is -0.462 e. The van der Waals surface area contributed by atoms with E-state index in [1.165, 1.54) is 218 Å². The summed E-state index contributed by atoms with van der Waals surface area (Å²) in [7, 11) is -9.91. The highest BCUT2D eigenvalue weighted by atomic mass is 31.2. The molecule has 0 aromatic heterocycles. The third kappa shape index (κ3) is 70.5. The molecule has 0 bridgehead atoms. The van der Waals surface area contributed by atoms with Gasteiger partial charge in [-0.15, -0.1) is 0 Å². The van der Waals surface area contributed by atoms with Crippen molar-refractivity contribution in [3.63, 3.8) is 0 Å². The molecule has 2 unspecified atom stereocenters. The number of aliphatic hydroxyl groups excluding tert-OH is 1. The van der Waals surface area contributed by atoms with Crippen LogP contribution in [-0.2, 0) is 65.4 Å². The molecule has 0 fully saturated rings. The molecule has 0 aliphatic rings. The van der Waals surface area contributed by atoms with Gasteiger partial charge in [-0.1, -0.05) is 350 Å². The van der Waals surface area contributed by atoms with E-state index in [4.69, 9.17) is 37.0 Å². The van der Waals surface area contributed by atoms with E-state index in [1.807, 2.05) is 0 Å². The maximum absolute atomic E-state index is 13.1. The lowest BCUT2D eigenvalue weighted by Crippen LogP contribution is -2.30. The average Bonchev–Trinajstić information content (AvgIpc) is 1.18. The standard InChI is InChI=1S/C77H150O17P2/c1-7-9-11-13-15-17-19-21-22-27-30-34-41-47-53-59-74(79)87-65-72(93-77(82)62-56-50-44-36-32-28-24-23-26-29-33-39-45-51-57-69(3)4)67-91-95(83,84)89-63-71(78)64-90-96(85,86)92-68-73(66-88-75(80)60-54-48-42-38-37-40-46-52-58-70(5)6)94-76(81)61-55-49-43-35-31-25-20-18-16-14-12-10-8-2/h69-73,78H,7-68H2,1-6H3,(H,83,84)(H,85,86)/t71-,72-,73-/m1/s1. The zero-order chi connectivity index (χ0) is 70.7. The van der Waals surface area contributed by atoms with Crippen LogP contribution in [0.2, 0.25) is 0 Å². The molecule has 0 aromatic rings. The first-order chi connectivity index (χ1) is 46.4. The van der Waals surface area contributed by atoms with Crippen LogP contribution in [0.25, 0.3) is 0 Å². The van der Waals surface area contributed by atoms with Gasteiger partial charge in [0.05, 0.1) is 26.4 Å². The van der Waals surface area contributed by atoms with Crippen LogP contribution in [0.15, 0.2) is 0 Å². The quantitative estimate of drug-likeness (QED) is 0.0222. The third-order valence-electron chi connectivity index (χ3n) is 18.0. The van der Waals surface area contributed by atoms with Gasteiger partial charge in [0.15, 0.2) is 12.2 Å². The zero-order valence-electron chi connectivity index (χ0n) is 62.7. The summed E-state index contributed by atoms with van der Waals surface area (Å²) in [6, 6.07) is 0. The molecule has 0 saturated heterocycles. The van der Waals surface area contributed by atoms with Crippen molar-refractivity contribution in [1.82, 2.24) is 0 Å². The van der Waals surface area contributed by atoms with Gasteiger partial charge in [-0.3, -0.25) is 37.3 Å². The van der Waals surface area contributed by atoms with Gasteiger partial charge < -0.3 is 33.8 Å². The van der Waals surface area contributed by atoms with Crippen LogP contribution in [0.1, 0.15) is 401 Å². The van der Waals surface area contributed by atoms with Crippen molar-refractivity contribution in [2.45, 2.75) is 419 Å². The second kappa shape index (κ2) is 68.8. The molecule has 0 heterocycles. The maximum Gasteiger partial charge on any atom is 0.472 e. The largest absolute Gasteiger partial charge is 0.472 e. The highest BCUT2D eigenvalue weighted by Crippen LogP contribution is 2.45. The molecule has 3 N–H and O–H groups in total. The highest BCUT2D eigenvalue weighted by Gasteiger charge is 2.30. The highest BCUT2D eigenvalue weighted by molar-refractivity contribution is 7.47. The summed E-state index contributed by atoms with van der Waals surface area (Å²) in [4.78, 5) is 72.9. The molecule has 570 valence electrons. The van der Waals surface area contributed by atoms with Crippen LogP contribution >= 0.6 is 15.6 Å². The molecule has 5 atom stereocenters. The van der Waals surface area contributed by atoms with Crippen molar-refractivity contribution in [2.75, 3.05) is 39.6 Å². The minimum atomic E-state index is -4.96. The molecule has 0 amide bonds. The number of phosphoric acid groups is 2. The molecular weight excluding hydrogens is 1260 g/mol. The van der Waals surface area contributed by atoms with Crippen molar-refractivity contribution >= 4 is 39.5 Å². The Labute approximate surface area is 588 Å². The fourth-order valence-corrected chi connectivity index (χ4v) is 13.4. The van der Waals surface area contributed by atoms with Gasteiger partial charge in [0.25, 0.3) is 0 Å². The van der Waals surface area contributed by atoms with Crippen molar-refractivity contribution < 1.29 is 80.2 Å². The average molecular weight is 1410 g/mol. The molecular formula is C77H150O17P2. The van der Waals surface area contributed by atoms with Crippen LogP contribution in [-0.4, -0.2) is 96.7 Å². The summed E-state index contributed by atoms with van der Waals surface area (Å²) in [5, 5.41) is 10.6. The lowest BCUT2D eigenvalue weighted by atomic mass is 10.0. The molecule has 0 aliphatic carbocycles. The molecule has 19 heteroatoms. The van der Waals surface area contributed by atoms with E-state index in [1.54, 1.807) is 0 Å². The molecule has 0 aromatic carbocycles. The number of esters is 4. The summed E-state index contributed by atoms with van der Waals surface area (Å²) >= 11 is 0. The number of hydrogen-bond acceptors (Lipinski definition) is 15. The van der Waals surface area contributed by atoms with Gasteiger partial charge in [0, 0.05) is 25.7 Å². The number of phosphoric ester groups is 2. The number of rotatable bonds is 76. The molecule has 96 heavy (non-hydrogen) atoms. The third-order valence-corrected chi connectivity index (χ3v) is 19.9. The predicted octanol–water partition coefficient (Wildman–Crippen LogP) is 22.7. The van der Waals surface area contributed by atoms with Gasteiger partial charge in [-0.2, -0.15) is 0 Å². The number of aliphatic hydroxyl groups is 1. The topological polar surface area (TPSA) is 237 Å². The molecule has 17 nitrogen and oxygen atoms in total. The first-order valence-corrected chi connectivity index (χ1v) is 43.0. The Morgan fingerprint density at radius 3 is 0.708 bits per heavy atom. The summed E-state index contributed by atoms with van der Waals surface area (Å²) in [5.74, 6) is -0.590. The van der Waals surface area contributed by atoms with Crippen LogP contribution in [0.3, 0.4) is 0 Å². The molecule has 0 aliphatic heterocycles. The number of ether oxygens (including phenoxy) is 4. The van der Waals surface area contributed by atoms with E-state index in [0.29, 0.717) is 25.7 Å². The number of carbonyl (C=O) groups excluding carboxylic acids is 4. The first-order valence-electron chi connectivity index (χ1n) is 40.0. The van der Waals surface area contributed by atoms with E-state index in [9.17, 15) is 43.2 Å². The van der Waals surface area contributed by atoms with E-state index >= 15 is 0 Å². The number of hydrogen-bond donors (Lipinski definition) is 3. The van der Waals surface area contributed by atoms with Gasteiger partial charge >= 0.3 is 39.5 Å².